The van der Waals surface area contributed by atoms with E-state index in [0.29, 0.717) is 12.2 Å². The average molecular weight is 241 g/mol. The van der Waals surface area contributed by atoms with E-state index in [-0.39, 0.29) is 5.56 Å². The van der Waals surface area contributed by atoms with E-state index in [0.717, 1.165) is 22.3 Å². The molecule has 0 N–H and O–H groups in total. The lowest BCUT2D eigenvalue weighted by molar-refractivity contribution is 0.894. The summed E-state index contributed by atoms with van der Waals surface area (Å²) in [6.07, 6.45) is 0.712. The normalized spacial score (nSPS) is 11.5. The predicted molar refractivity (Wildman–Crippen MR) is 72.1 cm³/mol. The van der Waals surface area contributed by atoms with Crippen LogP contribution in [0.1, 0.15) is 18.2 Å². The van der Waals surface area contributed by atoms with Gasteiger partial charge in [0.15, 0.2) is 0 Å². The number of imidazole rings is 1. The van der Waals surface area contributed by atoms with Gasteiger partial charge in [0.2, 0.25) is 5.78 Å². The molecule has 0 radical (unpaired) electrons. The molecule has 3 aromatic rings. The number of para-hydroxylation sites is 2. The molecule has 92 valence electrons. The molecule has 0 spiro atoms. The van der Waals surface area contributed by atoms with Crippen molar-refractivity contribution in [1.29, 1.82) is 0 Å². The Bertz CT molecular complexity index is 811. The first-order chi connectivity index (χ1) is 8.65. The molecule has 2 aromatic heterocycles. The summed E-state index contributed by atoms with van der Waals surface area (Å²) in [5.74, 6) is 0.705. The Labute approximate surface area is 105 Å². The second-order valence-corrected chi connectivity index (χ2v) is 4.52. The SMILES string of the molecule is CCc1c(C)nc2n(C)c3ccccc3n2c1=O. The van der Waals surface area contributed by atoms with Crippen molar-refractivity contribution >= 4 is 16.8 Å². The van der Waals surface area contributed by atoms with Gasteiger partial charge in [-0.3, -0.25) is 4.79 Å². The number of aromatic nitrogens is 3. The van der Waals surface area contributed by atoms with Crippen molar-refractivity contribution in [2.45, 2.75) is 20.3 Å². The van der Waals surface area contributed by atoms with Crippen LogP contribution in [0, 0.1) is 6.92 Å². The van der Waals surface area contributed by atoms with Crippen molar-refractivity contribution in [2.24, 2.45) is 7.05 Å². The van der Waals surface area contributed by atoms with Crippen molar-refractivity contribution in [1.82, 2.24) is 14.0 Å². The lowest BCUT2D eigenvalue weighted by atomic mass is 10.2. The molecule has 18 heavy (non-hydrogen) atoms. The molecule has 0 aliphatic heterocycles. The van der Waals surface area contributed by atoms with Gasteiger partial charge >= 0.3 is 0 Å². The highest BCUT2D eigenvalue weighted by Crippen LogP contribution is 2.17. The van der Waals surface area contributed by atoms with Crippen LogP contribution in [0.4, 0.5) is 0 Å². The number of hydrogen-bond donors (Lipinski definition) is 0. The van der Waals surface area contributed by atoms with Crippen LogP contribution >= 0.6 is 0 Å². The molecule has 0 saturated heterocycles. The summed E-state index contributed by atoms with van der Waals surface area (Å²) in [5, 5.41) is 0. The minimum Gasteiger partial charge on any atom is -0.313 e. The van der Waals surface area contributed by atoms with E-state index < -0.39 is 0 Å². The summed E-state index contributed by atoms with van der Waals surface area (Å²) in [7, 11) is 1.94. The minimum atomic E-state index is 0.0526. The van der Waals surface area contributed by atoms with E-state index in [9.17, 15) is 4.79 Å². The zero-order valence-corrected chi connectivity index (χ0v) is 10.8. The lowest BCUT2D eigenvalue weighted by Gasteiger charge is -2.03. The first-order valence-corrected chi connectivity index (χ1v) is 6.10. The van der Waals surface area contributed by atoms with Crippen LogP contribution in [-0.4, -0.2) is 14.0 Å². The molecule has 0 unspecified atom stereocenters. The quantitative estimate of drug-likeness (QED) is 0.654. The van der Waals surface area contributed by atoms with E-state index in [1.165, 1.54) is 0 Å². The van der Waals surface area contributed by atoms with Gasteiger partial charge in [0.25, 0.3) is 5.56 Å². The highest BCUT2D eigenvalue weighted by atomic mass is 16.1. The van der Waals surface area contributed by atoms with Gasteiger partial charge in [0, 0.05) is 18.3 Å². The summed E-state index contributed by atoms with van der Waals surface area (Å²) in [6, 6.07) is 7.88. The summed E-state index contributed by atoms with van der Waals surface area (Å²) >= 11 is 0. The first kappa shape index (κ1) is 11.0. The van der Waals surface area contributed by atoms with Gasteiger partial charge in [0.1, 0.15) is 0 Å². The summed E-state index contributed by atoms with van der Waals surface area (Å²) in [4.78, 5) is 17.1. The van der Waals surface area contributed by atoms with E-state index in [2.05, 4.69) is 4.98 Å². The smallest absolute Gasteiger partial charge is 0.263 e. The van der Waals surface area contributed by atoms with E-state index in [1.54, 1.807) is 4.40 Å². The molecule has 4 nitrogen and oxygen atoms in total. The summed E-state index contributed by atoms with van der Waals surface area (Å²) in [5.41, 5.74) is 3.62. The molecule has 0 atom stereocenters. The summed E-state index contributed by atoms with van der Waals surface area (Å²) in [6.45, 7) is 3.89. The second-order valence-electron chi connectivity index (χ2n) is 4.52. The summed E-state index contributed by atoms with van der Waals surface area (Å²) < 4.78 is 3.67. The molecule has 0 bridgehead atoms. The van der Waals surface area contributed by atoms with Crippen molar-refractivity contribution in [3.63, 3.8) is 0 Å². The second kappa shape index (κ2) is 3.70. The van der Waals surface area contributed by atoms with Crippen molar-refractivity contribution < 1.29 is 0 Å². The van der Waals surface area contributed by atoms with Crippen LogP contribution in [0.2, 0.25) is 0 Å². The standard InChI is InChI=1S/C14H15N3O/c1-4-10-9(2)15-14-16(3)11-7-5-6-8-12(11)17(14)13(10)18/h5-8H,4H2,1-3H3. The Hall–Kier alpha value is -2.10. The van der Waals surface area contributed by atoms with Gasteiger partial charge in [-0.05, 0) is 25.5 Å². The van der Waals surface area contributed by atoms with E-state index in [1.807, 2.05) is 49.7 Å². The number of aryl methyl sites for hydroxylation is 2. The van der Waals surface area contributed by atoms with Crippen LogP contribution in [0.3, 0.4) is 0 Å². The number of rotatable bonds is 1. The lowest BCUT2D eigenvalue weighted by Crippen LogP contribution is -2.20. The molecule has 0 amide bonds. The maximum Gasteiger partial charge on any atom is 0.263 e. The molecule has 2 heterocycles. The average Bonchev–Trinajstić information content (AvgIpc) is 2.64. The van der Waals surface area contributed by atoms with Crippen molar-refractivity contribution in [3.05, 3.63) is 45.9 Å². The van der Waals surface area contributed by atoms with Crippen LogP contribution in [0.5, 0.6) is 0 Å². The van der Waals surface area contributed by atoms with Crippen LogP contribution in [-0.2, 0) is 13.5 Å². The molecule has 3 rings (SSSR count). The Morgan fingerprint density at radius 3 is 2.56 bits per heavy atom. The number of nitrogens with zero attached hydrogens (tertiary/aromatic N) is 3. The zero-order valence-electron chi connectivity index (χ0n) is 10.8. The van der Waals surface area contributed by atoms with E-state index in [4.69, 9.17) is 0 Å². The number of fused-ring (bicyclic) bond motifs is 3. The molecule has 1 aromatic carbocycles. The van der Waals surface area contributed by atoms with Gasteiger partial charge in [-0.15, -0.1) is 0 Å². The third-order valence-corrected chi connectivity index (χ3v) is 3.50. The Morgan fingerprint density at radius 1 is 1.22 bits per heavy atom. The Kier molecular flexibility index (Phi) is 2.26. The number of hydrogen-bond acceptors (Lipinski definition) is 2. The topological polar surface area (TPSA) is 39.3 Å². The third-order valence-electron chi connectivity index (χ3n) is 3.50. The molecule has 0 saturated carbocycles. The minimum absolute atomic E-state index is 0.0526. The van der Waals surface area contributed by atoms with Crippen LogP contribution in [0.15, 0.2) is 29.1 Å². The van der Waals surface area contributed by atoms with Gasteiger partial charge in [-0.2, -0.15) is 0 Å². The molecular formula is C14H15N3O. The van der Waals surface area contributed by atoms with E-state index >= 15 is 0 Å². The fourth-order valence-electron chi connectivity index (χ4n) is 2.54. The highest BCUT2D eigenvalue weighted by Gasteiger charge is 2.14. The first-order valence-electron chi connectivity index (χ1n) is 6.10. The predicted octanol–water partition coefficient (Wildman–Crippen LogP) is 2.06. The monoisotopic (exact) mass is 241 g/mol. The largest absolute Gasteiger partial charge is 0.313 e. The van der Waals surface area contributed by atoms with Crippen molar-refractivity contribution in [3.8, 4) is 0 Å². The molecular weight excluding hydrogens is 226 g/mol. The molecule has 4 heteroatoms. The van der Waals surface area contributed by atoms with Crippen LogP contribution < -0.4 is 5.56 Å². The van der Waals surface area contributed by atoms with Gasteiger partial charge in [-0.25, -0.2) is 9.38 Å². The Balaban J connectivity index is 2.66. The Morgan fingerprint density at radius 2 is 1.89 bits per heavy atom. The molecule has 0 fully saturated rings. The molecule has 0 aliphatic rings. The third kappa shape index (κ3) is 1.26. The zero-order chi connectivity index (χ0) is 12.9. The van der Waals surface area contributed by atoms with Gasteiger partial charge in [-0.1, -0.05) is 19.1 Å². The fraction of sp³-hybridized carbons (Fsp3) is 0.286. The van der Waals surface area contributed by atoms with Crippen molar-refractivity contribution in [2.75, 3.05) is 0 Å². The maximum absolute atomic E-state index is 12.5. The number of benzene rings is 1. The maximum atomic E-state index is 12.5. The fourth-order valence-corrected chi connectivity index (χ4v) is 2.54. The van der Waals surface area contributed by atoms with Gasteiger partial charge < -0.3 is 4.57 Å². The van der Waals surface area contributed by atoms with Gasteiger partial charge in [0.05, 0.1) is 11.0 Å². The van der Waals surface area contributed by atoms with Crippen LogP contribution in [0.25, 0.3) is 16.8 Å². The molecule has 0 aliphatic carbocycles. The highest BCUT2D eigenvalue weighted by molar-refractivity contribution is 5.80.